The molecule has 0 fully saturated rings. The summed E-state index contributed by atoms with van der Waals surface area (Å²) in [4.78, 5) is 15.8. The summed E-state index contributed by atoms with van der Waals surface area (Å²) >= 11 is 0. The van der Waals surface area contributed by atoms with Crippen LogP contribution in [-0.2, 0) is 6.54 Å². The number of hydrogen-bond acceptors (Lipinski definition) is 5. The van der Waals surface area contributed by atoms with Crippen molar-refractivity contribution in [2.24, 2.45) is 5.73 Å². The smallest absolute Gasteiger partial charge is 0.270 e. The van der Waals surface area contributed by atoms with E-state index in [1.165, 1.54) is 16.9 Å². The zero-order valence-electron chi connectivity index (χ0n) is 9.82. The molecule has 2 N–H and O–H groups in total. The molecule has 0 aliphatic carbocycles. The molecule has 0 radical (unpaired) electrons. The van der Waals surface area contributed by atoms with Gasteiger partial charge in [0.25, 0.3) is 5.56 Å². The lowest BCUT2D eigenvalue weighted by Crippen LogP contribution is -2.23. The lowest BCUT2D eigenvalue weighted by molar-refractivity contribution is 0.324. The summed E-state index contributed by atoms with van der Waals surface area (Å²) in [5.74, 6) is 0.438. The Kier molecular flexibility index (Phi) is 4.03. The van der Waals surface area contributed by atoms with Crippen LogP contribution in [0, 0.1) is 0 Å². The van der Waals surface area contributed by atoms with Crippen molar-refractivity contribution in [1.29, 1.82) is 0 Å². The highest BCUT2D eigenvalue weighted by Crippen LogP contribution is 2.04. The van der Waals surface area contributed by atoms with Crippen molar-refractivity contribution in [1.82, 2.24) is 14.8 Å². The topological polar surface area (TPSA) is 83.0 Å². The monoisotopic (exact) mass is 246 g/mol. The maximum absolute atomic E-state index is 11.8. The molecule has 18 heavy (non-hydrogen) atoms. The van der Waals surface area contributed by atoms with Crippen LogP contribution in [0.25, 0.3) is 0 Å². The maximum Gasteiger partial charge on any atom is 0.270 e. The molecule has 2 heterocycles. The average molecular weight is 246 g/mol. The summed E-state index contributed by atoms with van der Waals surface area (Å²) in [6.45, 7) is 1.16. The maximum atomic E-state index is 11.8. The van der Waals surface area contributed by atoms with Gasteiger partial charge in [-0.15, -0.1) is 0 Å². The van der Waals surface area contributed by atoms with E-state index in [2.05, 4.69) is 10.1 Å². The minimum atomic E-state index is -0.214. The highest BCUT2D eigenvalue weighted by molar-refractivity contribution is 5.15. The Bertz CT molecular complexity index is 554. The highest BCUT2D eigenvalue weighted by Gasteiger charge is 2.02. The van der Waals surface area contributed by atoms with Crippen LogP contribution in [0.4, 0.5) is 0 Å². The molecule has 6 nitrogen and oxygen atoms in total. The average Bonchev–Trinajstić information content (AvgIpc) is 2.40. The predicted molar refractivity (Wildman–Crippen MR) is 66.4 cm³/mol. The molecule has 0 atom stereocenters. The van der Waals surface area contributed by atoms with Crippen LogP contribution >= 0.6 is 0 Å². The molecule has 94 valence electrons. The van der Waals surface area contributed by atoms with Crippen molar-refractivity contribution in [3.63, 3.8) is 0 Å². The fraction of sp³-hybridized carbons (Fsp3) is 0.250. The second-order valence-corrected chi connectivity index (χ2v) is 3.69. The number of hydrogen-bond donors (Lipinski definition) is 1. The standard InChI is InChI=1S/C12H14N4O2/c13-3-5-18-11-6-12(17)16(15-8-11)9-10-2-1-4-14-7-10/h1-2,4,6-8H,3,5,9,13H2. The van der Waals surface area contributed by atoms with Crippen LogP contribution in [0.3, 0.4) is 0 Å². The molecule has 2 aromatic heterocycles. The molecule has 0 saturated carbocycles. The van der Waals surface area contributed by atoms with Crippen LogP contribution in [0.1, 0.15) is 5.56 Å². The molecule has 0 saturated heterocycles. The summed E-state index contributed by atoms with van der Waals surface area (Å²) in [6, 6.07) is 5.11. The van der Waals surface area contributed by atoms with Gasteiger partial charge in [-0.1, -0.05) is 6.07 Å². The first-order valence-corrected chi connectivity index (χ1v) is 5.58. The third-order valence-corrected chi connectivity index (χ3v) is 2.29. The second-order valence-electron chi connectivity index (χ2n) is 3.69. The Morgan fingerprint density at radius 3 is 2.94 bits per heavy atom. The number of nitrogens with zero attached hydrogens (tertiary/aromatic N) is 3. The lowest BCUT2D eigenvalue weighted by atomic mass is 10.3. The molecule has 0 aliphatic rings. The zero-order valence-corrected chi connectivity index (χ0v) is 9.82. The van der Waals surface area contributed by atoms with E-state index in [1.807, 2.05) is 12.1 Å². The van der Waals surface area contributed by atoms with Crippen LogP contribution in [-0.4, -0.2) is 27.9 Å². The fourth-order valence-corrected chi connectivity index (χ4v) is 1.46. The Balaban J connectivity index is 2.13. The molecule has 2 aromatic rings. The molecule has 0 bridgehead atoms. The molecular weight excluding hydrogens is 232 g/mol. The number of aromatic nitrogens is 3. The molecular formula is C12H14N4O2. The van der Waals surface area contributed by atoms with E-state index in [1.54, 1.807) is 12.4 Å². The first kappa shape index (κ1) is 12.3. The highest BCUT2D eigenvalue weighted by atomic mass is 16.5. The predicted octanol–water partition coefficient (Wildman–Crippen LogP) is 0.0241. The summed E-state index contributed by atoms with van der Waals surface area (Å²) in [6.07, 6.45) is 4.89. The molecule has 0 spiro atoms. The zero-order chi connectivity index (χ0) is 12.8. The van der Waals surface area contributed by atoms with Gasteiger partial charge in [0.1, 0.15) is 12.4 Å². The van der Waals surface area contributed by atoms with Gasteiger partial charge in [0.05, 0.1) is 12.7 Å². The van der Waals surface area contributed by atoms with Crippen molar-refractivity contribution in [3.05, 3.63) is 52.7 Å². The van der Waals surface area contributed by atoms with Gasteiger partial charge in [-0.3, -0.25) is 9.78 Å². The van der Waals surface area contributed by atoms with Gasteiger partial charge in [-0.2, -0.15) is 5.10 Å². The number of pyridine rings is 1. The molecule has 2 rings (SSSR count). The van der Waals surface area contributed by atoms with Gasteiger partial charge in [0.15, 0.2) is 0 Å². The van der Waals surface area contributed by atoms with Crippen LogP contribution in [0.5, 0.6) is 5.75 Å². The SMILES string of the molecule is NCCOc1cnn(Cc2cccnc2)c(=O)c1. The van der Waals surface area contributed by atoms with Crippen LogP contribution < -0.4 is 16.0 Å². The normalized spacial score (nSPS) is 10.3. The van der Waals surface area contributed by atoms with Gasteiger partial charge in [0.2, 0.25) is 0 Å². The van der Waals surface area contributed by atoms with Gasteiger partial charge < -0.3 is 10.5 Å². The molecule has 0 amide bonds. The van der Waals surface area contributed by atoms with Crippen LogP contribution in [0.15, 0.2) is 41.6 Å². The van der Waals surface area contributed by atoms with E-state index in [4.69, 9.17) is 10.5 Å². The first-order valence-electron chi connectivity index (χ1n) is 5.58. The van der Waals surface area contributed by atoms with E-state index in [-0.39, 0.29) is 5.56 Å². The fourth-order valence-electron chi connectivity index (χ4n) is 1.46. The number of ether oxygens (including phenoxy) is 1. The lowest BCUT2D eigenvalue weighted by Gasteiger charge is -2.06. The van der Waals surface area contributed by atoms with Crippen molar-refractivity contribution >= 4 is 0 Å². The second kappa shape index (κ2) is 5.92. The number of nitrogens with two attached hydrogens (primary N) is 1. The van der Waals surface area contributed by atoms with E-state index in [0.29, 0.717) is 25.4 Å². The Hall–Kier alpha value is -2.21. The Morgan fingerprint density at radius 2 is 2.28 bits per heavy atom. The van der Waals surface area contributed by atoms with Gasteiger partial charge in [0, 0.05) is 25.0 Å². The summed E-state index contributed by atoms with van der Waals surface area (Å²) in [5, 5.41) is 4.04. The minimum Gasteiger partial charge on any atom is -0.490 e. The van der Waals surface area contributed by atoms with Gasteiger partial charge in [-0.25, -0.2) is 4.68 Å². The number of rotatable bonds is 5. The molecule has 0 aliphatic heterocycles. The molecule has 6 heteroatoms. The first-order chi connectivity index (χ1) is 8.79. The largest absolute Gasteiger partial charge is 0.490 e. The Labute approximate surface area is 104 Å². The van der Waals surface area contributed by atoms with E-state index in [0.717, 1.165) is 5.56 Å². The third-order valence-electron chi connectivity index (χ3n) is 2.29. The minimum absolute atomic E-state index is 0.214. The van der Waals surface area contributed by atoms with Gasteiger partial charge >= 0.3 is 0 Å². The quantitative estimate of drug-likeness (QED) is 0.804. The van der Waals surface area contributed by atoms with E-state index >= 15 is 0 Å². The summed E-state index contributed by atoms with van der Waals surface area (Å²) in [5.41, 5.74) is 6.02. The van der Waals surface area contributed by atoms with E-state index in [9.17, 15) is 4.79 Å². The van der Waals surface area contributed by atoms with Gasteiger partial charge in [-0.05, 0) is 11.6 Å². The summed E-state index contributed by atoms with van der Waals surface area (Å²) < 4.78 is 6.58. The summed E-state index contributed by atoms with van der Waals surface area (Å²) in [7, 11) is 0. The van der Waals surface area contributed by atoms with Crippen LogP contribution in [0.2, 0.25) is 0 Å². The van der Waals surface area contributed by atoms with Crippen molar-refractivity contribution in [2.75, 3.05) is 13.2 Å². The van der Waals surface area contributed by atoms with Crippen molar-refractivity contribution in [2.45, 2.75) is 6.54 Å². The van der Waals surface area contributed by atoms with E-state index < -0.39 is 0 Å². The Morgan fingerprint density at radius 1 is 1.39 bits per heavy atom. The molecule has 0 unspecified atom stereocenters. The third kappa shape index (κ3) is 3.14. The molecule has 0 aromatic carbocycles. The van der Waals surface area contributed by atoms with Crippen molar-refractivity contribution < 1.29 is 4.74 Å². The van der Waals surface area contributed by atoms with Crippen molar-refractivity contribution in [3.8, 4) is 5.75 Å².